The standard InChI is InChI=1S/C22H23NO9.C13H13NO6.C9H12O4.CH4/c1-26-14-7-11(8-15(27-2)19(14)29-4)32-22(25)12-10-23-13-9-16(28-3)20(30-5)21(31-6)17(13)18(12)24;1-18-8-4-7-9(12(20-3)11(8)19-2)10(15)6(5-14-7)13(16)17;1-11-7-4-6(10)5-8(12-2)9(7)13-3;/h7-10H,1-6H3,(H,23,24);4-5H,1-3H3,(H,14,15)(H,16,17);4-5,10H,1-3H3;1H4. The van der Waals surface area contributed by atoms with Crippen molar-refractivity contribution < 1.29 is 81.4 Å². The number of pyridine rings is 2. The van der Waals surface area contributed by atoms with Gasteiger partial charge in [-0.1, -0.05) is 7.43 Å². The first-order chi connectivity index (χ1) is 31.2. The number of esters is 1. The Labute approximate surface area is 378 Å². The van der Waals surface area contributed by atoms with Gasteiger partial charge in [0.1, 0.15) is 22.6 Å². The number of carbonyl (C=O) groups excluding carboxylic acids is 1. The van der Waals surface area contributed by atoms with Gasteiger partial charge in [0.2, 0.25) is 33.9 Å². The Balaban J connectivity index is 0.000000289. The first kappa shape index (κ1) is 52.0. The molecule has 0 unspecified atom stereocenters. The molecule has 21 heteroatoms. The molecule has 0 aliphatic rings. The second-order valence-corrected chi connectivity index (χ2v) is 12.6. The quantitative estimate of drug-likeness (QED) is 0.0669. The average Bonchev–Trinajstić information content (AvgIpc) is 3.32. The highest BCUT2D eigenvalue weighted by Gasteiger charge is 2.25. The summed E-state index contributed by atoms with van der Waals surface area (Å²) in [7, 11) is 17.3. The van der Waals surface area contributed by atoms with Gasteiger partial charge in [0.05, 0.1) is 107 Å². The maximum Gasteiger partial charge on any atom is 0.349 e. The minimum atomic E-state index is -1.31. The third kappa shape index (κ3) is 10.5. The number of aromatic nitrogens is 2. The molecule has 6 aromatic rings. The minimum Gasteiger partial charge on any atom is -0.508 e. The molecule has 0 bridgehead atoms. The Kier molecular flexibility index (Phi) is 18.4. The van der Waals surface area contributed by atoms with Crippen LogP contribution in [0.5, 0.6) is 80.5 Å². The van der Waals surface area contributed by atoms with Crippen molar-refractivity contribution in [2.45, 2.75) is 7.43 Å². The number of phenolic OH excluding ortho intramolecular Hbond substituents is 1. The van der Waals surface area contributed by atoms with E-state index in [9.17, 15) is 24.3 Å². The summed E-state index contributed by atoms with van der Waals surface area (Å²) >= 11 is 0. The van der Waals surface area contributed by atoms with Crippen LogP contribution in [0.4, 0.5) is 0 Å². The van der Waals surface area contributed by atoms with E-state index in [1.807, 2.05) is 0 Å². The van der Waals surface area contributed by atoms with Crippen LogP contribution in [-0.2, 0) is 0 Å². The monoisotopic (exact) mass is 924 g/mol. The number of benzene rings is 4. The lowest BCUT2D eigenvalue weighted by atomic mass is 10.1. The zero-order chi connectivity index (χ0) is 48.1. The highest BCUT2D eigenvalue weighted by Crippen LogP contribution is 2.44. The second-order valence-electron chi connectivity index (χ2n) is 12.6. The van der Waals surface area contributed by atoms with Crippen LogP contribution in [0, 0.1) is 0 Å². The molecule has 21 nitrogen and oxygen atoms in total. The average molecular weight is 925 g/mol. The molecule has 0 amide bonds. The first-order valence-electron chi connectivity index (χ1n) is 18.6. The fraction of sp³-hybridized carbons (Fsp3) is 0.289. The topological polar surface area (TPSA) is 260 Å². The number of carboxylic acid groups (broad SMARTS) is 1. The molecular weight excluding hydrogens is 872 g/mol. The molecule has 0 spiro atoms. The molecule has 0 saturated heterocycles. The second kappa shape index (κ2) is 23.4. The first-order valence-corrected chi connectivity index (χ1v) is 18.6. The van der Waals surface area contributed by atoms with E-state index >= 15 is 0 Å². The van der Waals surface area contributed by atoms with Crippen molar-refractivity contribution in [3.05, 3.63) is 80.4 Å². The van der Waals surface area contributed by atoms with Crippen LogP contribution in [-0.4, -0.2) is 117 Å². The lowest BCUT2D eigenvalue weighted by Crippen LogP contribution is -2.21. The summed E-state index contributed by atoms with van der Waals surface area (Å²) in [6.07, 6.45) is 2.40. The van der Waals surface area contributed by atoms with Crippen LogP contribution < -0.4 is 72.4 Å². The number of aromatic amines is 2. The van der Waals surface area contributed by atoms with Gasteiger partial charge in [-0.2, -0.15) is 0 Å². The van der Waals surface area contributed by atoms with Crippen LogP contribution in [0.3, 0.4) is 0 Å². The Morgan fingerprint density at radius 2 is 0.758 bits per heavy atom. The molecule has 6 rings (SSSR count). The Morgan fingerprint density at radius 3 is 1.09 bits per heavy atom. The number of aromatic carboxylic acids is 1. The summed E-state index contributed by atoms with van der Waals surface area (Å²) < 4.78 is 67.8. The number of nitrogens with one attached hydrogen (secondary N) is 2. The molecular formula is C45H52N2O19. The van der Waals surface area contributed by atoms with E-state index < -0.39 is 22.8 Å². The summed E-state index contributed by atoms with van der Waals surface area (Å²) in [6, 6.07) is 8.94. The number of ether oxygens (including phenoxy) is 13. The lowest BCUT2D eigenvalue weighted by Gasteiger charge is -2.15. The molecule has 4 aromatic carbocycles. The molecule has 0 aliphatic heterocycles. The molecule has 0 saturated carbocycles. The van der Waals surface area contributed by atoms with Gasteiger partial charge in [0.15, 0.2) is 46.0 Å². The molecule has 0 aliphatic carbocycles. The number of hydrogen-bond donors (Lipinski definition) is 4. The Bertz CT molecular complexity index is 2750. The van der Waals surface area contributed by atoms with Crippen LogP contribution in [0.25, 0.3) is 21.8 Å². The van der Waals surface area contributed by atoms with Gasteiger partial charge in [-0.25, -0.2) is 9.59 Å². The number of aromatic hydroxyl groups is 1. The number of carboxylic acids is 1. The maximum absolute atomic E-state index is 13.2. The molecule has 66 heavy (non-hydrogen) atoms. The summed E-state index contributed by atoms with van der Waals surface area (Å²) in [5, 5.41) is 18.5. The summed E-state index contributed by atoms with van der Waals surface area (Å²) in [5.74, 6) is 1.71. The molecule has 0 radical (unpaired) electrons. The number of H-pyrrole nitrogens is 2. The summed E-state index contributed by atoms with van der Waals surface area (Å²) in [4.78, 5) is 55.0. The summed E-state index contributed by atoms with van der Waals surface area (Å²) in [5.41, 5.74) is -1.07. The summed E-state index contributed by atoms with van der Waals surface area (Å²) in [6.45, 7) is 0. The van der Waals surface area contributed by atoms with E-state index in [0.717, 1.165) is 6.20 Å². The molecule has 0 atom stereocenters. The van der Waals surface area contributed by atoms with Crippen LogP contribution in [0.2, 0.25) is 0 Å². The lowest BCUT2D eigenvalue weighted by molar-refractivity contribution is 0.0692. The maximum atomic E-state index is 13.2. The van der Waals surface area contributed by atoms with Crippen molar-refractivity contribution in [2.24, 2.45) is 0 Å². The van der Waals surface area contributed by atoms with Gasteiger partial charge in [0.25, 0.3) is 0 Å². The predicted molar refractivity (Wildman–Crippen MR) is 241 cm³/mol. The number of rotatable bonds is 15. The van der Waals surface area contributed by atoms with E-state index in [2.05, 4.69) is 9.97 Å². The van der Waals surface area contributed by atoms with E-state index in [4.69, 9.17) is 66.7 Å². The van der Waals surface area contributed by atoms with Crippen LogP contribution in [0.15, 0.2) is 58.4 Å². The van der Waals surface area contributed by atoms with Gasteiger partial charge >= 0.3 is 11.9 Å². The van der Waals surface area contributed by atoms with Gasteiger partial charge in [-0.15, -0.1) is 0 Å². The third-order valence-electron chi connectivity index (χ3n) is 9.30. The van der Waals surface area contributed by atoms with Gasteiger partial charge in [-0.05, 0) is 0 Å². The van der Waals surface area contributed by atoms with Gasteiger partial charge in [-0.3, -0.25) is 9.59 Å². The van der Waals surface area contributed by atoms with Crippen molar-refractivity contribution >= 4 is 33.7 Å². The Hall–Kier alpha value is -8.36. The molecule has 2 heterocycles. The zero-order valence-electron chi connectivity index (χ0n) is 37.5. The van der Waals surface area contributed by atoms with E-state index in [1.165, 1.54) is 116 Å². The number of hydrogen-bond acceptors (Lipinski definition) is 18. The Morgan fingerprint density at radius 1 is 0.439 bits per heavy atom. The predicted octanol–water partition coefficient (Wildman–Crippen LogP) is 6.11. The van der Waals surface area contributed by atoms with Crippen LogP contribution >= 0.6 is 0 Å². The van der Waals surface area contributed by atoms with Crippen LogP contribution in [0.1, 0.15) is 28.1 Å². The largest absolute Gasteiger partial charge is 0.508 e. The third-order valence-corrected chi connectivity index (χ3v) is 9.30. The van der Waals surface area contributed by atoms with Crippen molar-refractivity contribution in [1.82, 2.24) is 9.97 Å². The number of fused-ring (bicyclic) bond motifs is 2. The molecule has 356 valence electrons. The fourth-order valence-electron chi connectivity index (χ4n) is 6.35. The normalized spacial score (nSPS) is 10.1. The molecule has 2 aromatic heterocycles. The van der Waals surface area contributed by atoms with Crippen molar-refractivity contribution in [1.29, 1.82) is 0 Å². The highest BCUT2D eigenvalue weighted by atomic mass is 16.6. The van der Waals surface area contributed by atoms with E-state index in [-0.39, 0.29) is 63.8 Å². The van der Waals surface area contributed by atoms with Crippen molar-refractivity contribution in [3.8, 4) is 80.5 Å². The molecule has 4 N–H and O–H groups in total. The van der Waals surface area contributed by atoms with E-state index in [0.29, 0.717) is 57.0 Å². The van der Waals surface area contributed by atoms with E-state index in [1.54, 1.807) is 12.1 Å². The highest BCUT2D eigenvalue weighted by molar-refractivity contribution is 5.98. The number of methoxy groups -OCH3 is 12. The van der Waals surface area contributed by atoms with Gasteiger partial charge < -0.3 is 81.8 Å². The molecule has 0 fully saturated rings. The fourth-order valence-corrected chi connectivity index (χ4v) is 6.35. The minimum absolute atomic E-state index is 0. The van der Waals surface area contributed by atoms with Gasteiger partial charge in [0, 0.05) is 48.8 Å². The smallest absolute Gasteiger partial charge is 0.349 e. The van der Waals surface area contributed by atoms with Crippen molar-refractivity contribution in [3.63, 3.8) is 0 Å². The zero-order valence-corrected chi connectivity index (χ0v) is 37.5. The number of carbonyl (C=O) groups is 2. The van der Waals surface area contributed by atoms with Crippen molar-refractivity contribution in [2.75, 3.05) is 85.3 Å². The number of phenols is 1. The SMILES string of the molecule is C.COc1cc(O)cc(OC)c1OC.COc1cc(OC(=O)c2c[nH]c3cc(OC)c(OC)c(OC)c3c2=O)cc(OC)c1OC.COc1cc2[nH]cc(C(=O)O)c(=O)c2c(OC)c1OC.